The quantitative estimate of drug-likeness (QED) is 0.898. The highest BCUT2D eigenvalue weighted by molar-refractivity contribution is 6.31. The minimum absolute atomic E-state index is 0.0924. The number of aryl methyl sites for hydroxylation is 1. The number of hydrogen-bond acceptors (Lipinski definition) is 3. The van der Waals surface area contributed by atoms with Crippen molar-refractivity contribution in [2.75, 3.05) is 0 Å². The predicted molar refractivity (Wildman–Crippen MR) is 62.2 cm³/mol. The zero-order valence-electron chi connectivity index (χ0n) is 9.81. The van der Waals surface area contributed by atoms with Crippen LogP contribution >= 0.6 is 11.6 Å². The number of aliphatic carboxylic acids is 1. The molecule has 2 rings (SSSR count). The normalized spacial score (nSPS) is 24.2. The van der Waals surface area contributed by atoms with Gasteiger partial charge in [0.15, 0.2) is 6.10 Å². The molecule has 1 fully saturated rings. The molecule has 0 aliphatic carbocycles. The van der Waals surface area contributed by atoms with E-state index in [1.165, 1.54) is 0 Å². The maximum atomic E-state index is 10.8. The molecule has 0 saturated carbocycles. The summed E-state index contributed by atoms with van der Waals surface area (Å²) in [5, 5.41) is 13.8. The van der Waals surface area contributed by atoms with Gasteiger partial charge in [0, 0.05) is 0 Å². The second-order valence-electron chi connectivity index (χ2n) is 4.33. The summed E-state index contributed by atoms with van der Waals surface area (Å²) in [7, 11) is 0. The van der Waals surface area contributed by atoms with E-state index in [9.17, 15) is 4.79 Å². The summed E-state index contributed by atoms with van der Waals surface area (Å²) in [6.07, 6.45) is 0.539. The summed E-state index contributed by atoms with van der Waals surface area (Å²) in [5.74, 6) is -0.890. The molecule has 0 radical (unpaired) electrons. The van der Waals surface area contributed by atoms with Gasteiger partial charge >= 0.3 is 5.97 Å². The van der Waals surface area contributed by atoms with Crippen molar-refractivity contribution in [3.8, 4) is 0 Å². The fraction of sp³-hybridized carbons (Fsp3) is 0.636. The maximum Gasteiger partial charge on any atom is 0.332 e. The lowest BCUT2D eigenvalue weighted by Gasteiger charge is -2.12. The Balaban J connectivity index is 2.03. The number of rotatable bonds is 3. The second-order valence-corrected chi connectivity index (χ2v) is 4.71. The number of carbonyl (C=O) groups is 1. The standard InChI is InChI=1S/C11H15ClN2O3/c1-6-10(12)7(2)14(13-6)5-8-3-4-9(17-8)11(15)16/h8-9H,3-5H2,1-2H3,(H,15,16). The van der Waals surface area contributed by atoms with Crippen LogP contribution in [0.4, 0.5) is 0 Å². The Labute approximate surface area is 104 Å². The van der Waals surface area contributed by atoms with Gasteiger partial charge in [-0.15, -0.1) is 0 Å². The van der Waals surface area contributed by atoms with Crippen LogP contribution in [0.25, 0.3) is 0 Å². The van der Waals surface area contributed by atoms with E-state index < -0.39 is 12.1 Å². The van der Waals surface area contributed by atoms with Gasteiger partial charge in [-0.25, -0.2) is 4.79 Å². The Morgan fingerprint density at radius 2 is 2.29 bits per heavy atom. The van der Waals surface area contributed by atoms with Crippen LogP contribution in [0.15, 0.2) is 0 Å². The molecule has 1 N–H and O–H groups in total. The van der Waals surface area contributed by atoms with E-state index in [4.69, 9.17) is 21.4 Å². The monoisotopic (exact) mass is 258 g/mol. The first kappa shape index (κ1) is 12.4. The molecule has 5 nitrogen and oxygen atoms in total. The first-order valence-corrected chi connectivity index (χ1v) is 5.94. The Morgan fingerprint density at radius 3 is 2.76 bits per heavy atom. The lowest BCUT2D eigenvalue weighted by Crippen LogP contribution is -2.23. The highest BCUT2D eigenvalue weighted by Crippen LogP contribution is 2.24. The zero-order chi connectivity index (χ0) is 12.6. The number of nitrogens with zero attached hydrogens (tertiary/aromatic N) is 2. The van der Waals surface area contributed by atoms with E-state index in [0.29, 0.717) is 18.0 Å². The molecule has 2 heterocycles. The lowest BCUT2D eigenvalue weighted by atomic mass is 10.2. The minimum Gasteiger partial charge on any atom is -0.479 e. The summed E-state index contributed by atoms with van der Waals surface area (Å²) in [4.78, 5) is 10.8. The summed E-state index contributed by atoms with van der Waals surface area (Å²) in [5.41, 5.74) is 1.68. The maximum absolute atomic E-state index is 10.8. The number of hydrogen-bond donors (Lipinski definition) is 1. The van der Waals surface area contributed by atoms with Gasteiger partial charge in [-0.05, 0) is 26.7 Å². The molecule has 1 saturated heterocycles. The second kappa shape index (κ2) is 4.66. The molecule has 1 aliphatic rings. The summed E-state index contributed by atoms with van der Waals surface area (Å²) in [6.45, 7) is 4.30. The SMILES string of the molecule is Cc1nn(CC2CCC(C(=O)O)O2)c(C)c1Cl. The van der Waals surface area contributed by atoms with Gasteiger partial charge in [-0.1, -0.05) is 11.6 Å². The van der Waals surface area contributed by atoms with Gasteiger partial charge in [0.05, 0.1) is 29.1 Å². The molecule has 0 aromatic carbocycles. The summed E-state index contributed by atoms with van der Waals surface area (Å²) in [6, 6.07) is 0. The largest absolute Gasteiger partial charge is 0.479 e. The van der Waals surface area contributed by atoms with E-state index in [0.717, 1.165) is 17.8 Å². The van der Waals surface area contributed by atoms with E-state index in [1.54, 1.807) is 4.68 Å². The minimum atomic E-state index is -0.890. The van der Waals surface area contributed by atoms with Crippen molar-refractivity contribution < 1.29 is 14.6 Å². The van der Waals surface area contributed by atoms with Crippen LogP contribution in [0.3, 0.4) is 0 Å². The van der Waals surface area contributed by atoms with Crippen LogP contribution < -0.4 is 0 Å². The molecule has 1 aromatic heterocycles. The van der Waals surface area contributed by atoms with Crippen LogP contribution in [-0.4, -0.2) is 33.1 Å². The van der Waals surface area contributed by atoms with Crippen LogP contribution in [0.5, 0.6) is 0 Å². The van der Waals surface area contributed by atoms with Gasteiger partial charge in [0.25, 0.3) is 0 Å². The smallest absolute Gasteiger partial charge is 0.332 e. The molecule has 2 atom stereocenters. The zero-order valence-corrected chi connectivity index (χ0v) is 10.6. The fourth-order valence-electron chi connectivity index (χ4n) is 2.07. The third-order valence-electron chi connectivity index (χ3n) is 3.05. The summed E-state index contributed by atoms with van der Waals surface area (Å²) < 4.78 is 7.21. The van der Waals surface area contributed by atoms with Crippen LogP contribution in [0.1, 0.15) is 24.2 Å². The van der Waals surface area contributed by atoms with Crippen LogP contribution in [0.2, 0.25) is 5.02 Å². The Morgan fingerprint density at radius 1 is 1.59 bits per heavy atom. The average molecular weight is 259 g/mol. The van der Waals surface area contributed by atoms with Crippen molar-refractivity contribution in [1.82, 2.24) is 9.78 Å². The molecule has 94 valence electrons. The van der Waals surface area contributed by atoms with Crippen molar-refractivity contribution >= 4 is 17.6 Å². The van der Waals surface area contributed by atoms with E-state index in [1.807, 2.05) is 13.8 Å². The number of ether oxygens (including phenoxy) is 1. The van der Waals surface area contributed by atoms with Gasteiger partial charge in [-0.3, -0.25) is 4.68 Å². The Kier molecular flexibility index (Phi) is 3.40. The van der Waals surface area contributed by atoms with E-state index >= 15 is 0 Å². The lowest BCUT2D eigenvalue weighted by molar-refractivity contribution is -0.149. The molecular formula is C11H15ClN2O3. The van der Waals surface area contributed by atoms with Gasteiger partial charge in [-0.2, -0.15) is 5.10 Å². The molecular weight excluding hydrogens is 244 g/mol. The Bertz CT molecular complexity index is 444. The van der Waals surface area contributed by atoms with Crippen molar-refractivity contribution in [1.29, 1.82) is 0 Å². The number of carboxylic acids is 1. The summed E-state index contributed by atoms with van der Waals surface area (Å²) >= 11 is 6.04. The fourth-order valence-corrected chi connectivity index (χ4v) is 2.20. The highest BCUT2D eigenvalue weighted by atomic mass is 35.5. The first-order valence-electron chi connectivity index (χ1n) is 5.56. The van der Waals surface area contributed by atoms with E-state index in [2.05, 4.69) is 5.10 Å². The van der Waals surface area contributed by atoms with Crippen molar-refractivity contribution in [2.45, 2.75) is 45.4 Å². The molecule has 1 aliphatic heterocycles. The number of halogens is 1. The van der Waals surface area contributed by atoms with Gasteiger partial charge in [0.1, 0.15) is 0 Å². The predicted octanol–water partition coefficient (Wildman–Crippen LogP) is 1.79. The van der Waals surface area contributed by atoms with Crippen LogP contribution in [0, 0.1) is 13.8 Å². The van der Waals surface area contributed by atoms with Crippen molar-refractivity contribution in [3.05, 3.63) is 16.4 Å². The topological polar surface area (TPSA) is 64.4 Å². The molecule has 0 bridgehead atoms. The molecule has 2 unspecified atom stereocenters. The third kappa shape index (κ3) is 2.45. The van der Waals surface area contributed by atoms with Gasteiger partial charge in [0.2, 0.25) is 0 Å². The van der Waals surface area contributed by atoms with E-state index in [-0.39, 0.29) is 6.10 Å². The molecule has 0 spiro atoms. The van der Waals surface area contributed by atoms with Crippen molar-refractivity contribution in [3.63, 3.8) is 0 Å². The molecule has 1 aromatic rings. The van der Waals surface area contributed by atoms with Gasteiger partial charge < -0.3 is 9.84 Å². The molecule has 0 amide bonds. The molecule has 6 heteroatoms. The first-order chi connectivity index (χ1) is 7.99. The number of aromatic nitrogens is 2. The van der Waals surface area contributed by atoms with Crippen molar-refractivity contribution in [2.24, 2.45) is 0 Å². The Hall–Kier alpha value is -1.07. The highest BCUT2D eigenvalue weighted by Gasteiger charge is 2.31. The number of carboxylic acid groups (broad SMARTS) is 1. The van der Waals surface area contributed by atoms with Crippen LogP contribution in [-0.2, 0) is 16.1 Å². The third-order valence-corrected chi connectivity index (χ3v) is 3.60. The molecule has 17 heavy (non-hydrogen) atoms. The average Bonchev–Trinajstić information content (AvgIpc) is 2.82.